The summed E-state index contributed by atoms with van der Waals surface area (Å²) in [6.07, 6.45) is 2.22. The van der Waals surface area contributed by atoms with Crippen LogP contribution in [-0.4, -0.2) is 82.1 Å². The van der Waals surface area contributed by atoms with Crippen LogP contribution in [0.1, 0.15) is 34.6 Å². The lowest BCUT2D eigenvalue weighted by atomic mass is 10.1. The van der Waals surface area contributed by atoms with E-state index in [0.29, 0.717) is 30.2 Å². The number of rotatable bonds is 4. The zero-order chi connectivity index (χ0) is 21.3. The molecule has 0 aliphatic carbocycles. The maximum absolute atomic E-state index is 12.9. The minimum atomic E-state index is 0.0264. The second kappa shape index (κ2) is 8.78. The van der Waals surface area contributed by atoms with E-state index in [1.165, 1.54) is 0 Å². The normalized spacial score (nSPS) is 17.6. The van der Waals surface area contributed by atoms with Gasteiger partial charge in [0, 0.05) is 44.8 Å². The van der Waals surface area contributed by atoms with Crippen LogP contribution in [0.3, 0.4) is 0 Å². The topological polar surface area (TPSA) is 61.7 Å². The van der Waals surface area contributed by atoms with Crippen molar-refractivity contribution in [2.75, 3.05) is 45.8 Å². The Kier molecular flexibility index (Phi) is 6.11. The molecule has 2 aliphatic rings. The highest BCUT2D eigenvalue weighted by Gasteiger charge is 2.26. The number of nitrogens with zero attached hydrogens (tertiary/aromatic N) is 5. The molecule has 8 heteroatoms. The molecule has 1 aromatic heterocycles. The fraction of sp³-hybridized carbons (Fsp3) is 0.500. The average Bonchev–Trinajstić information content (AvgIpc) is 3.39. The van der Waals surface area contributed by atoms with E-state index >= 15 is 0 Å². The predicted octanol–water partition coefficient (Wildman–Crippen LogP) is 2.52. The molecular formula is C22H28ClN5O2. The third-order valence-corrected chi connectivity index (χ3v) is 6.59. The molecule has 1 aromatic carbocycles. The molecule has 0 N–H and O–H groups in total. The van der Waals surface area contributed by atoms with E-state index in [1.54, 1.807) is 4.68 Å². The first-order chi connectivity index (χ1) is 14.4. The van der Waals surface area contributed by atoms with Crippen LogP contribution in [0.2, 0.25) is 5.02 Å². The van der Waals surface area contributed by atoms with Gasteiger partial charge in [0.25, 0.3) is 5.91 Å². The monoisotopic (exact) mass is 429 g/mol. The predicted molar refractivity (Wildman–Crippen MR) is 116 cm³/mol. The van der Waals surface area contributed by atoms with Gasteiger partial charge in [0.15, 0.2) is 0 Å². The SMILES string of the molecule is Cc1nn(-c2ccc(C(=O)N3CCN(CC(=O)N4CCCC4)CC3)cc2)c(C)c1Cl. The van der Waals surface area contributed by atoms with Gasteiger partial charge in [-0.25, -0.2) is 4.68 Å². The average molecular weight is 430 g/mol. The second-order valence-corrected chi connectivity index (χ2v) is 8.48. The Morgan fingerprint density at radius 3 is 2.13 bits per heavy atom. The quantitative estimate of drug-likeness (QED) is 0.749. The van der Waals surface area contributed by atoms with Crippen molar-refractivity contribution < 1.29 is 9.59 Å². The number of hydrogen-bond acceptors (Lipinski definition) is 4. The summed E-state index contributed by atoms with van der Waals surface area (Å²) in [6, 6.07) is 7.47. The summed E-state index contributed by atoms with van der Waals surface area (Å²) < 4.78 is 1.79. The van der Waals surface area contributed by atoms with Gasteiger partial charge in [-0.1, -0.05) is 11.6 Å². The molecule has 2 fully saturated rings. The Labute approximate surface area is 182 Å². The second-order valence-electron chi connectivity index (χ2n) is 8.10. The van der Waals surface area contributed by atoms with E-state index < -0.39 is 0 Å². The van der Waals surface area contributed by atoms with Crippen molar-refractivity contribution in [2.45, 2.75) is 26.7 Å². The lowest BCUT2D eigenvalue weighted by Gasteiger charge is -2.35. The van der Waals surface area contributed by atoms with E-state index in [0.717, 1.165) is 56.1 Å². The number of aryl methyl sites for hydroxylation is 1. The zero-order valence-corrected chi connectivity index (χ0v) is 18.4. The fourth-order valence-corrected chi connectivity index (χ4v) is 4.29. The van der Waals surface area contributed by atoms with E-state index in [1.807, 2.05) is 47.9 Å². The van der Waals surface area contributed by atoms with E-state index in [4.69, 9.17) is 11.6 Å². The minimum absolute atomic E-state index is 0.0264. The van der Waals surface area contributed by atoms with Crippen LogP contribution < -0.4 is 0 Å². The van der Waals surface area contributed by atoms with Crippen molar-refractivity contribution in [3.8, 4) is 5.69 Å². The van der Waals surface area contributed by atoms with Gasteiger partial charge >= 0.3 is 0 Å². The number of piperazine rings is 1. The van der Waals surface area contributed by atoms with Crippen LogP contribution >= 0.6 is 11.6 Å². The fourth-order valence-electron chi connectivity index (χ4n) is 4.17. The Morgan fingerprint density at radius 1 is 0.933 bits per heavy atom. The van der Waals surface area contributed by atoms with Gasteiger partial charge in [0.2, 0.25) is 5.91 Å². The van der Waals surface area contributed by atoms with Crippen LogP contribution in [0.4, 0.5) is 0 Å². The van der Waals surface area contributed by atoms with Crippen LogP contribution in [0, 0.1) is 13.8 Å². The smallest absolute Gasteiger partial charge is 0.253 e. The molecule has 2 aromatic rings. The lowest BCUT2D eigenvalue weighted by molar-refractivity contribution is -0.131. The van der Waals surface area contributed by atoms with Gasteiger partial charge in [-0.3, -0.25) is 14.5 Å². The summed E-state index contributed by atoms with van der Waals surface area (Å²) in [4.78, 5) is 31.2. The van der Waals surface area contributed by atoms with Crippen molar-refractivity contribution in [3.63, 3.8) is 0 Å². The Hall–Kier alpha value is -2.38. The molecule has 160 valence electrons. The van der Waals surface area contributed by atoms with Crippen LogP contribution in [0.5, 0.6) is 0 Å². The molecule has 30 heavy (non-hydrogen) atoms. The number of carbonyl (C=O) groups is 2. The van der Waals surface area contributed by atoms with Crippen molar-refractivity contribution in [2.24, 2.45) is 0 Å². The lowest BCUT2D eigenvalue weighted by Crippen LogP contribution is -2.51. The molecule has 2 saturated heterocycles. The number of likely N-dealkylation sites (tertiary alicyclic amines) is 1. The van der Waals surface area contributed by atoms with Crippen molar-refractivity contribution in [1.82, 2.24) is 24.5 Å². The first kappa shape index (κ1) is 20.9. The number of amides is 2. The standard InChI is InChI=1S/C22H28ClN5O2/c1-16-21(23)17(2)28(24-16)19-7-5-18(6-8-19)22(30)27-13-11-25(12-14-27)15-20(29)26-9-3-4-10-26/h5-8H,3-4,9-15H2,1-2H3. The summed E-state index contributed by atoms with van der Waals surface area (Å²) in [7, 11) is 0. The van der Waals surface area contributed by atoms with Gasteiger partial charge < -0.3 is 9.80 Å². The largest absolute Gasteiger partial charge is 0.342 e. The molecule has 7 nitrogen and oxygen atoms in total. The van der Waals surface area contributed by atoms with Gasteiger partial charge in [-0.15, -0.1) is 0 Å². The number of aromatic nitrogens is 2. The molecule has 4 rings (SSSR count). The number of benzene rings is 1. The third kappa shape index (κ3) is 4.23. The summed E-state index contributed by atoms with van der Waals surface area (Å²) in [5.74, 6) is 0.241. The molecule has 0 spiro atoms. The van der Waals surface area contributed by atoms with E-state index in [2.05, 4.69) is 10.00 Å². The highest BCUT2D eigenvalue weighted by Crippen LogP contribution is 2.23. The van der Waals surface area contributed by atoms with E-state index in [-0.39, 0.29) is 11.8 Å². The molecule has 2 aliphatic heterocycles. The van der Waals surface area contributed by atoms with Gasteiger partial charge in [0.1, 0.15) is 0 Å². The molecule has 0 unspecified atom stereocenters. The minimum Gasteiger partial charge on any atom is -0.342 e. The number of halogens is 1. The maximum atomic E-state index is 12.9. The van der Waals surface area contributed by atoms with Crippen LogP contribution in [0.25, 0.3) is 5.69 Å². The molecular weight excluding hydrogens is 402 g/mol. The molecule has 3 heterocycles. The van der Waals surface area contributed by atoms with Crippen molar-refractivity contribution >= 4 is 23.4 Å². The molecule has 0 saturated carbocycles. The number of carbonyl (C=O) groups excluding carboxylic acids is 2. The van der Waals surface area contributed by atoms with Gasteiger partial charge in [-0.05, 0) is 51.0 Å². The summed E-state index contributed by atoms with van der Waals surface area (Å²) >= 11 is 6.24. The Balaban J connectivity index is 1.34. The van der Waals surface area contributed by atoms with Crippen LogP contribution in [-0.2, 0) is 4.79 Å². The Morgan fingerprint density at radius 2 is 1.57 bits per heavy atom. The summed E-state index contributed by atoms with van der Waals surface area (Å²) in [6.45, 7) is 8.77. The van der Waals surface area contributed by atoms with Crippen molar-refractivity contribution in [3.05, 3.63) is 46.2 Å². The van der Waals surface area contributed by atoms with Gasteiger partial charge in [0.05, 0.1) is 28.6 Å². The zero-order valence-electron chi connectivity index (χ0n) is 17.6. The van der Waals surface area contributed by atoms with Crippen LogP contribution in [0.15, 0.2) is 24.3 Å². The highest BCUT2D eigenvalue weighted by molar-refractivity contribution is 6.31. The molecule has 0 atom stereocenters. The highest BCUT2D eigenvalue weighted by atomic mass is 35.5. The first-order valence-electron chi connectivity index (χ1n) is 10.6. The maximum Gasteiger partial charge on any atom is 0.253 e. The molecule has 2 amide bonds. The summed E-state index contributed by atoms with van der Waals surface area (Å²) in [5.41, 5.74) is 3.21. The van der Waals surface area contributed by atoms with Gasteiger partial charge in [-0.2, -0.15) is 5.10 Å². The first-order valence-corrected chi connectivity index (χ1v) is 10.9. The molecule has 0 radical (unpaired) electrons. The van der Waals surface area contributed by atoms with E-state index in [9.17, 15) is 9.59 Å². The van der Waals surface area contributed by atoms with Crippen molar-refractivity contribution in [1.29, 1.82) is 0 Å². The third-order valence-electron chi connectivity index (χ3n) is 6.04. The number of hydrogen-bond donors (Lipinski definition) is 0. The Bertz CT molecular complexity index is 926. The summed E-state index contributed by atoms with van der Waals surface area (Å²) in [5, 5.41) is 5.12. The molecule has 0 bridgehead atoms.